The van der Waals surface area contributed by atoms with Gasteiger partial charge >= 0.3 is 6.18 Å². The molecule has 1 aliphatic heterocycles. The van der Waals surface area contributed by atoms with Crippen LogP contribution < -0.4 is 0 Å². The summed E-state index contributed by atoms with van der Waals surface area (Å²) in [4.78, 5) is 27.0. The fourth-order valence-electron chi connectivity index (χ4n) is 3.56. The second-order valence-electron chi connectivity index (χ2n) is 7.02. The van der Waals surface area contributed by atoms with Crippen molar-refractivity contribution in [3.05, 3.63) is 53.0 Å². The van der Waals surface area contributed by atoms with Crippen LogP contribution in [-0.4, -0.2) is 41.9 Å². The lowest BCUT2D eigenvalue weighted by Crippen LogP contribution is -2.31. The van der Waals surface area contributed by atoms with Crippen molar-refractivity contribution in [2.45, 2.75) is 45.3 Å². The van der Waals surface area contributed by atoms with Gasteiger partial charge in [0.25, 0.3) is 5.91 Å². The predicted octanol–water partition coefficient (Wildman–Crippen LogP) is 3.39. The van der Waals surface area contributed by atoms with E-state index in [0.29, 0.717) is 36.5 Å². The molecule has 1 atom stereocenters. The maximum atomic E-state index is 13.5. The van der Waals surface area contributed by atoms with Crippen molar-refractivity contribution in [3.63, 3.8) is 0 Å². The van der Waals surface area contributed by atoms with Gasteiger partial charge in [0, 0.05) is 24.5 Å². The van der Waals surface area contributed by atoms with Crippen LogP contribution in [0.15, 0.2) is 24.5 Å². The SMILES string of the molecule is CCc1cc(C(F)(F)F)n2nc(C3CCCN3C(=O)c3cnc(C)cn3)cc2n1. The van der Waals surface area contributed by atoms with Crippen LogP contribution in [0.5, 0.6) is 0 Å². The number of carbonyl (C=O) groups is 1. The standard InChI is InChI=1S/C19H19F3N6O/c1-3-12-7-16(19(20,21)22)28-17(25-12)8-13(26-28)15-5-4-6-27(15)18(29)14-10-23-11(2)9-24-14/h7-10,15H,3-6H2,1-2H3. The summed E-state index contributed by atoms with van der Waals surface area (Å²) in [6.07, 6.45) is 0.0696. The molecular weight excluding hydrogens is 385 g/mol. The molecule has 3 aromatic rings. The van der Waals surface area contributed by atoms with Crippen LogP contribution in [0.2, 0.25) is 0 Å². The molecule has 1 saturated heterocycles. The molecular formula is C19H19F3N6O. The quantitative estimate of drug-likeness (QED) is 0.669. The number of rotatable bonds is 3. The topological polar surface area (TPSA) is 76.3 Å². The Morgan fingerprint density at radius 1 is 1.24 bits per heavy atom. The number of fused-ring (bicyclic) bond motifs is 1. The van der Waals surface area contributed by atoms with Crippen LogP contribution in [0.4, 0.5) is 13.2 Å². The first kappa shape index (κ1) is 19.3. The molecule has 0 radical (unpaired) electrons. The lowest BCUT2D eigenvalue weighted by molar-refractivity contribution is -0.142. The van der Waals surface area contributed by atoms with E-state index < -0.39 is 17.9 Å². The van der Waals surface area contributed by atoms with Crippen molar-refractivity contribution in [1.29, 1.82) is 0 Å². The van der Waals surface area contributed by atoms with E-state index in [4.69, 9.17) is 0 Å². The summed E-state index contributed by atoms with van der Waals surface area (Å²) in [5.41, 5.74) is 0.880. The van der Waals surface area contributed by atoms with Gasteiger partial charge in [-0.3, -0.25) is 9.78 Å². The van der Waals surface area contributed by atoms with Crippen molar-refractivity contribution in [2.75, 3.05) is 6.54 Å². The normalized spacial score (nSPS) is 17.3. The third-order valence-corrected chi connectivity index (χ3v) is 5.01. The van der Waals surface area contributed by atoms with Crippen molar-refractivity contribution in [2.24, 2.45) is 0 Å². The zero-order valence-corrected chi connectivity index (χ0v) is 15.9. The molecule has 0 saturated carbocycles. The lowest BCUT2D eigenvalue weighted by Gasteiger charge is -2.22. The van der Waals surface area contributed by atoms with Gasteiger partial charge in [-0.05, 0) is 32.3 Å². The molecule has 1 aliphatic rings. The van der Waals surface area contributed by atoms with Gasteiger partial charge < -0.3 is 4.90 Å². The number of aryl methyl sites for hydroxylation is 2. The average Bonchev–Trinajstić information content (AvgIpc) is 3.32. The molecule has 10 heteroatoms. The molecule has 152 valence electrons. The van der Waals surface area contributed by atoms with E-state index in [2.05, 4.69) is 20.1 Å². The summed E-state index contributed by atoms with van der Waals surface area (Å²) in [5, 5.41) is 4.18. The summed E-state index contributed by atoms with van der Waals surface area (Å²) in [5.74, 6) is -0.310. The molecule has 0 aromatic carbocycles. The number of carbonyl (C=O) groups excluding carboxylic acids is 1. The Kier molecular flexibility index (Phi) is 4.71. The largest absolute Gasteiger partial charge is 0.433 e. The molecule has 29 heavy (non-hydrogen) atoms. The van der Waals surface area contributed by atoms with E-state index in [1.807, 2.05) is 0 Å². The average molecular weight is 404 g/mol. The predicted molar refractivity (Wildman–Crippen MR) is 97.1 cm³/mol. The lowest BCUT2D eigenvalue weighted by atomic mass is 10.1. The van der Waals surface area contributed by atoms with Gasteiger partial charge in [0.05, 0.1) is 23.6 Å². The van der Waals surface area contributed by atoms with Gasteiger partial charge in [-0.25, -0.2) is 14.5 Å². The van der Waals surface area contributed by atoms with Gasteiger partial charge in [0.2, 0.25) is 0 Å². The van der Waals surface area contributed by atoms with E-state index in [1.54, 1.807) is 18.7 Å². The Labute approximate surface area is 164 Å². The Balaban J connectivity index is 1.73. The van der Waals surface area contributed by atoms with Gasteiger partial charge in [-0.15, -0.1) is 0 Å². The number of halogens is 3. The summed E-state index contributed by atoms with van der Waals surface area (Å²) >= 11 is 0. The summed E-state index contributed by atoms with van der Waals surface area (Å²) in [6, 6.07) is 2.12. The Bertz CT molecular complexity index is 1060. The molecule has 0 N–H and O–H groups in total. The van der Waals surface area contributed by atoms with Gasteiger partial charge in [0.15, 0.2) is 5.65 Å². The first-order valence-electron chi connectivity index (χ1n) is 9.34. The van der Waals surface area contributed by atoms with Crippen LogP contribution in [0.3, 0.4) is 0 Å². The molecule has 4 rings (SSSR count). The molecule has 3 aromatic heterocycles. The maximum Gasteiger partial charge on any atom is 0.433 e. The second-order valence-corrected chi connectivity index (χ2v) is 7.02. The fourth-order valence-corrected chi connectivity index (χ4v) is 3.56. The number of hydrogen-bond donors (Lipinski definition) is 0. The van der Waals surface area contributed by atoms with E-state index in [9.17, 15) is 18.0 Å². The minimum atomic E-state index is -4.56. The minimum Gasteiger partial charge on any atom is -0.329 e. The molecule has 1 fully saturated rings. The van der Waals surface area contributed by atoms with Crippen LogP contribution in [0.1, 0.15) is 59.1 Å². The van der Waals surface area contributed by atoms with E-state index in [0.717, 1.165) is 17.0 Å². The minimum absolute atomic E-state index is 0.126. The Morgan fingerprint density at radius 2 is 2.03 bits per heavy atom. The Morgan fingerprint density at radius 3 is 2.69 bits per heavy atom. The Hall–Kier alpha value is -3.04. The molecule has 1 amide bonds. The van der Waals surface area contributed by atoms with Crippen LogP contribution in [-0.2, 0) is 12.6 Å². The fraction of sp³-hybridized carbons (Fsp3) is 0.421. The van der Waals surface area contributed by atoms with Gasteiger partial charge in [-0.1, -0.05) is 6.92 Å². The van der Waals surface area contributed by atoms with E-state index in [-0.39, 0.29) is 17.2 Å². The van der Waals surface area contributed by atoms with Gasteiger partial charge in [-0.2, -0.15) is 18.3 Å². The highest BCUT2D eigenvalue weighted by Gasteiger charge is 2.37. The smallest absolute Gasteiger partial charge is 0.329 e. The third-order valence-electron chi connectivity index (χ3n) is 5.01. The first-order valence-corrected chi connectivity index (χ1v) is 9.34. The van der Waals surface area contributed by atoms with E-state index >= 15 is 0 Å². The number of hydrogen-bond acceptors (Lipinski definition) is 5. The van der Waals surface area contributed by atoms with E-state index in [1.165, 1.54) is 18.5 Å². The highest BCUT2D eigenvalue weighted by atomic mass is 19.4. The van der Waals surface area contributed by atoms with Crippen molar-refractivity contribution in [3.8, 4) is 0 Å². The molecule has 0 aliphatic carbocycles. The maximum absolute atomic E-state index is 13.5. The number of likely N-dealkylation sites (tertiary alicyclic amines) is 1. The van der Waals surface area contributed by atoms with Crippen LogP contribution in [0.25, 0.3) is 5.65 Å². The molecule has 1 unspecified atom stereocenters. The van der Waals surface area contributed by atoms with Gasteiger partial charge in [0.1, 0.15) is 11.4 Å². The zero-order chi connectivity index (χ0) is 20.8. The number of aromatic nitrogens is 5. The summed E-state index contributed by atoms with van der Waals surface area (Å²) in [6.45, 7) is 4.00. The second kappa shape index (κ2) is 7.09. The zero-order valence-electron chi connectivity index (χ0n) is 15.9. The molecule has 0 spiro atoms. The summed E-state index contributed by atoms with van der Waals surface area (Å²) < 4.78 is 41.4. The third kappa shape index (κ3) is 3.54. The first-order chi connectivity index (χ1) is 13.8. The highest BCUT2D eigenvalue weighted by Crippen LogP contribution is 2.35. The van der Waals surface area contributed by atoms with Crippen molar-refractivity contribution >= 4 is 11.6 Å². The van der Waals surface area contributed by atoms with Crippen molar-refractivity contribution < 1.29 is 18.0 Å². The van der Waals surface area contributed by atoms with Crippen LogP contribution in [0, 0.1) is 6.92 Å². The summed E-state index contributed by atoms with van der Waals surface area (Å²) in [7, 11) is 0. The molecule has 0 bridgehead atoms. The number of alkyl halides is 3. The highest BCUT2D eigenvalue weighted by molar-refractivity contribution is 5.92. The van der Waals surface area contributed by atoms with Crippen molar-refractivity contribution in [1.82, 2.24) is 29.5 Å². The van der Waals surface area contributed by atoms with Crippen LogP contribution >= 0.6 is 0 Å². The number of amides is 1. The molecule has 7 nitrogen and oxygen atoms in total. The molecule has 4 heterocycles. The monoisotopic (exact) mass is 404 g/mol. The number of nitrogens with zero attached hydrogens (tertiary/aromatic N) is 6.